The molecule has 1 atom stereocenters. The number of hydrogen-bond acceptors (Lipinski definition) is 3. The number of nitrogens with zero attached hydrogens (tertiary/aromatic N) is 2. The first-order valence-corrected chi connectivity index (χ1v) is 8.50. The van der Waals surface area contributed by atoms with Gasteiger partial charge in [-0.05, 0) is 44.5 Å². The van der Waals surface area contributed by atoms with E-state index in [-0.39, 0.29) is 11.9 Å². The fraction of sp³-hybridized carbons (Fsp3) is 0.611. The van der Waals surface area contributed by atoms with Crippen LogP contribution in [0.1, 0.15) is 32.6 Å². The largest absolute Gasteiger partial charge is 0.373 e. The van der Waals surface area contributed by atoms with Crippen molar-refractivity contribution in [1.82, 2.24) is 10.2 Å². The average molecular weight is 303 g/mol. The van der Waals surface area contributed by atoms with Gasteiger partial charge in [-0.15, -0.1) is 0 Å². The number of rotatable bonds is 7. The second kappa shape index (κ2) is 8.79. The van der Waals surface area contributed by atoms with E-state index in [0.717, 1.165) is 32.5 Å². The molecular formula is C18H29N3O. The first-order chi connectivity index (χ1) is 10.7. The molecule has 1 aliphatic heterocycles. The number of benzene rings is 1. The van der Waals surface area contributed by atoms with E-state index in [4.69, 9.17) is 0 Å². The van der Waals surface area contributed by atoms with Crippen LogP contribution < -0.4 is 10.2 Å². The molecule has 1 unspecified atom stereocenters. The van der Waals surface area contributed by atoms with Crippen molar-refractivity contribution in [3.8, 4) is 0 Å². The van der Waals surface area contributed by atoms with E-state index in [1.165, 1.54) is 18.5 Å². The molecule has 1 aromatic carbocycles. The predicted octanol–water partition coefficient (Wildman–Crippen LogP) is 2.50. The van der Waals surface area contributed by atoms with E-state index < -0.39 is 0 Å². The molecule has 1 aliphatic rings. The molecule has 22 heavy (non-hydrogen) atoms. The Morgan fingerprint density at radius 2 is 2.09 bits per heavy atom. The smallest absolute Gasteiger partial charge is 0.237 e. The Morgan fingerprint density at radius 1 is 1.32 bits per heavy atom. The van der Waals surface area contributed by atoms with Gasteiger partial charge in [-0.2, -0.15) is 0 Å². The molecule has 0 bridgehead atoms. The summed E-state index contributed by atoms with van der Waals surface area (Å²) in [7, 11) is 2.06. The minimum atomic E-state index is 0.0794. The third-order valence-corrected chi connectivity index (χ3v) is 4.37. The zero-order valence-corrected chi connectivity index (χ0v) is 13.9. The van der Waals surface area contributed by atoms with Crippen molar-refractivity contribution >= 4 is 11.6 Å². The molecular weight excluding hydrogens is 274 g/mol. The van der Waals surface area contributed by atoms with Crippen LogP contribution in [0.4, 0.5) is 5.69 Å². The molecule has 122 valence electrons. The summed E-state index contributed by atoms with van der Waals surface area (Å²) >= 11 is 0. The van der Waals surface area contributed by atoms with Crippen LogP contribution in [0.3, 0.4) is 0 Å². The zero-order chi connectivity index (χ0) is 15.8. The van der Waals surface area contributed by atoms with Gasteiger partial charge in [-0.3, -0.25) is 9.69 Å². The number of carbonyl (C=O) groups is 1. The monoisotopic (exact) mass is 303 g/mol. The standard InChI is InChI=1S/C18H29N3O/c1-3-13-21-14-8-7-11-17(21)18(22)19-12-15-20(2)16-9-5-4-6-10-16/h4-6,9-10,17H,3,7-8,11-15H2,1-2H3,(H,19,22). The van der Waals surface area contributed by atoms with Crippen molar-refractivity contribution in [2.75, 3.05) is 38.1 Å². The summed E-state index contributed by atoms with van der Waals surface area (Å²) in [5.74, 6) is 0.203. The van der Waals surface area contributed by atoms with Gasteiger partial charge in [-0.25, -0.2) is 0 Å². The first-order valence-electron chi connectivity index (χ1n) is 8.50. The van der Waals surface area contributed by atoms with Crippen LogP contribution >= 0.6 is 0 Å². The Bertz CT molecular complexity index is 447. The quantitative estimate of drug-likeness (QED) is 0.840. The van der Waals surface area contributed by atoms with Gasteiger partial charge in [-0.1, -0.05) is 31.5 Å². The fourth-order valence-electron chi connectivity index (χ4n) is 3.12. The molecule has 2 rings (SSSR count). The topological polar surface area (TPSA) is 35.6 Å². The highest BCUT2D eigenvalue weighted by atomic mass is 16.2. The van der Waals surface area contributed by atoms with Gasteiger partial charge >= 0.3 is 0 Å². The minimum Gasteiger partial charge on any atom is -0.373 e. The molecule has 4 heteroatoms. The third kappa shape index (κ3) is 4.73. The molecule has 0 radical (unpaired) electrons. The molecule has 0 spiro atoms. The molecule has 0 saturated carbocycles. The van der Waals surface area contributed by atoms with Gasteiger partial charge in [0.1, 0.15) is 0 Å². The van der Waals surface area contributed by atoms with Crippen molar-refractivity contribution in [3.05, 3.63) is 30.3 Å². The second-order valence-corrected chi connectivity index (χ2v) is 6.10. The SMILES string of the molecule is CCCN1CCCCC1C(=O)NCCN(C)c1ccccc1. The van der Waals surface area contributed by atoms with E-state index in [2.05, 4.69) is 41.2 Å². The lowest BCUT2D eigenvalue weighted by Gasteiger charge is -2.34. The Labute approximate surface area is 134 Å². The van der Waals surface area contributed by atoms with Crippen molar-refractivity contribution in [3.63, 3.8) is 0 Å². The Hall–Kier alpha value is -1.55. The van der Waals surface area contributed by atoms with E-state index >= 15 is 0 Å². The molecule has 4 nitrogen and oxygen atoms in total. The van der Waals surface area contributed by atoms with Crippen molar-refractivity contribution < 1.29 is 4.79 Å². The number of para-hydroxylation sites is 1. The molecule has 0 aliphatic carbocycles. The number of amides is 1. The lowest BCUT2D eigenvalue weighted by molar-refractivity contribution is -0.127. The summed E-state index contributed by atoms with van der Waals surface area (Å²) in [6.07, 6.45) is 4.50. The van der Waals surface area contributed by atoms with Gasteiger partial charge < -0.3 is 10.2 Å². The van der Waals surface area contributed by atoms with Crippen LogP contribution in [0.5, 0.6) is 0 Å². The Kier molecular flexibility index (Phi) is 6.72. The summed E-state index contributed by atoms with van der Waals surface area (Å²) in [4.78, 5) is 16.9. The molecule has 1 aromatic rings. The number of piperidine rings is 1. The summed E-state index contributed by atoms with van der Waals surface area (Å²) in [5, 5.41) is 3.12. The predicted molar refractivity (Wildman–Crippen MR) is 92.2 cm³/mol. The average Bonchev–Trinajstić information content (AvgIpc) is 2.56. The number of likely N-dealkylation sites (tertiary alicyclic amines) is 1. The fourth-order valence-corrected chi connectivity index (χ4v) is 3.12. The highest BCUT2D eigenvalue weighted by Crippen LogP contribution is 2.17. The lowest BCUT2D eigenvalue weighted by Crippen LogP contribution is -2.50. The highest BCUT2D eigenvalue weighted by Gasteiger charge is 2.27. The summed E-state index contributed by atoms with van der Waals surface area (Å²) < 4.78 is 0. The van der Waals surface area contributed by atoms with Crippen LogP contribution in [0, 0.1) is 0 Å². The van der Waals surface area contributed by atoms with Crippen molar-refractivity contribution in [2.45, 2.75) is 38.6 Å². The van der Waals surface area contributed by atoms with Crippen LogP contribution in [-0.4, -0.2) is 50.1 Å². The van der Waals surface area contributed by atoms with E-state index in [0.29, 0.717) is 6.54 Å². The third-order valence-electron chi connectivity index (χ3n) is 4.37. The van der Waals surface area contributed by atoms with Crippen LogP contribution in [0.2, 0.25) is 0 Å². The number of nitrogens with one attached hydrogen (secondary N) is 1. The number of likely N-dealkylation sites (N-methyl/N-ethyl adjacent to an activating group) is 1. The summed E-state index contributed by atoms with van der Waals surface area (Å²) in [6, 6.07) is 10.3. The zero-order valence-electron chi connectivity index (χ0n) is 13.9. The van der Waals surface area contributed by atoms with Crippen molar-refractivity contribution in [2.24, 2.45) is 0 Å². The lowest BCUT2D eigenvalue weighted by atomic mass is 10.0. The first kappa shape index (κ1) is 16.8. The van der Waals surface area contributed by atoms with Gasteiger partial charge in [0.15, 0.2) is 0 Å². The normalized spacial score (nSPS) is 18.9. The maximum atomic E-state index is 12.4. The number of anilines is 1. The van der Waals surface area contributed by atoms with E-state index in [9.17, 15) is 4.79 Å². The summed E-state index contributed by atoms with van der Waals surface area (Å²) in [6.45, 7) is 5.80. The summed E-state index contributed by atoms with van der Waals surface area (Å²) in [5.41, 5.74) is 1.18. The van der Waals surface area contributed by atoms with Crippen LogP contribution in [0.15, 0.2) is 30.3 Å². The molecule has 0 aromatic heterocycles. The van der Waals surface area contributed by atoms with Gasteiger partial charge in [0, 0.05) is 25.8 Å². The van der Waals surface area contributed by atoms with Crippen LogP contribution in [0.25, 0.3) is 0 Å². The highest BCUT2D eigenvalue weighted by molar-refractivity contribution is 5.81. The second-order valence-electron chi connectivity index (χ2n) is 6.10. The minimum absolute atomic E-state index is 0.0794. The molecule has 1 heterocycles. The number of carbonyl (C=O) groups excluding carboxylic acids is 1. The number of hydrogen-bond donors (Lipinski definition) is 1. The van der Waals surface area contributed by atoms with Crippen LogP contribution in [-0.2, 0) is 4.79 Å². The Balaban J connectivity index is 1.77. The molecule has 1 N–H and O–H groups in total. The maximum Gasteiger partial charge on any atom is 0.237 e. The molecule has 1 fully saturated rings. The van der Waals surface area contributed by atoms with E-state index in [1.807, 2.05) is 18.2 Å². The Morgan fingerprint density at radius 3 is 2.82 bits per heavy atom. The van der Waals surface area contributed by atoms with E-state index in [1.54, 1.807) is 0 Å². The van der Waals surface area contributed by atoms with Gasteiger partial charge in [0.2, 0.25) is 5.91 Å². The molecule has 1 amide bonds. The van der Waals surface area contributed by atoms with Gasteiger partial charge in [0.25, 0.3) is 0 Å². The van der Waals surface area contributed by atoms with Crippen molar-refractivity contribution in [1.29, 1.82) is 0 Å². The molecule has 1 saturated heterocycles. The maximum absolute atomic E-state index is 12.4. The van der Waals surface area contributed by atoms with Gasteiger partial charge in [0.05, 0.1) is 6.04 Å².